The average Bonchev–Trinajstić information content (AvgIpc) is 2.92. The molecule has 0 aromatic carbocycles. The maximum absolute atomic E-state index is 12.3. The molecule has 17 nitrogen and oxygen atoms in total. The van der Waals surface area contributed by atoms with E-state index in [9.17, 15) is 33.9 Å². The Morgan fingerprint density at radius 2 is 1.40 bits per heavy atom. The highest BCUT2D eigenvalue weighted by Crippen LogP contribution is 2.21. The molecule has 1 unspecified atom stereocenters. The first kappa shape index (κ1) is 41.6. The SMILES string of the molecule is CN(CCNC(=O)CCC(NC(=O)CCN(C)CC(C)(C)CC(=O)O)C(=O)O)CCOCC(=O)NCCOCCOCC(N)=O. The van der Waals surface area contributed by atoms with Crippen LogP contribution in [0.1, 0.15) is 39.5 Å². The number of primary amides is 1. The number of carbonyl (C=O) groups is 6. The van der Waals surface area contributed by atoms with Gasteiger partial charge in [0.2, 0.25) is 23.6 Å². The quantitative estimate of drug-likeness (QED) is 0.0497. The summed E-state index contributed by atoms with van der Waals surface area (Å²) in [5.74, 6) is -3.81. The summed E-state index contributed by atoms with van der Waals surface area (Å²) in [6.07, 6.45) is -0.144. The Morgan fingerprint density at radius 3 is 2.04 bits per heavy atom. The van der Waals surface area contributed by atoms with Crippen LogP contribution in [0.4, 0.5) is 0 Å². The first-order valence-corrected chi connectivity index (χ1v) is 14.8. The van der Waals surface area contributed by atoms with Crippen LogP contribution < -0.4 is 21.7 Å². The molecule has 0 spiro atoms. The van der Waals surface area contributed by atoms with E-state index in [0.29, 0.717) is 45.9 Å². The minimum absolute atomic E-state index is 0.0168. The summed E-state index contributed by atoms with van der Waals surface area (Å²) in [6, 6.07) is -1.21. The van der Waals surface area contributed by atoms with Gasteiger partial charge in [-0.1, -0.05) is 13.8 Å². The van der Waals surface area contributed by atoms with Gasteiger partial charge in [-0.2, -0.15) is 0 Å². The highest BCUT2D eigenvalue weighted by molar-refractivity contribution is 5.84. The molecule has 260 valence electrons. The molecular weight excluding hydrogens is 596 g/mol. The summed E-state index contributed by atoms with van der Waals surface area (Å²) in [4.78, 5) is 73.1. The van der Waals surface area contributed by atoms with Gasteiger partial charge in [-0.15, -0.1) is 0 Å². The van der Waals surface area contributed by atoms with Crippen molar-refractivity contribution in [3.8, 4) is 0 Å². The van der Waals surface area contributed by atoms with E-state index in [2.05, 4.69) is 16.0 Å². The lowest BCUT2D eigenvalue weighted by Gasteiger charge is -2.28. The first-order valence-electron chi connectivity index (χ1n) is 14.8. The van der Waals surface area contributed by atoms with Gasteiger partial charge < -0.3 is 55.9 Å². The fourth-order valence-electron chi connectivity index (χ4n) is 4.04. The minimum Gasteiger partial charge on any atom is -0.481 e. The van der Waals surface area contributed by atoms with Crippen molar-refractivity contribution in [2.45, 2.75) is 45.6 Å². The summed E-state index contributed by atoms with van der Waals surface area (Å²) in [5, 5.41) is 26.3. The van der Waals surface area contributed by atoms with Gasteiger partial charge in [0.15, 0.2) is 0 Å². The number of aliphatic carboxylic acids is 2. The third-order valence-electron chi connectivity index (χ3n) is 6.19. The van der Waals surface area contributed by atoms with Gasteiger partial charge >= 0.3 is 11.9 Å². The molecule has 0 saturated heterocycles. The second-order valence-corrected chi connectivity index (χ2v) is 11.4. The molecule has 0 aliphatic carbocycles. The van der Waals surface area contributed by atoms with Crippen LogP contribution in [0.25, 0.3) is 0 Å². The van der Waals surface area contributed by atoms with E-state index in [4.69, 9.17) is 25.1 Å². The molecule has 0 aromatic heterocycles. The zero-order chi connectivity index (χ0) is 34.3. The number of carbonyl (C=O) groups excluding carboxylic acids is 4. The van der Waals surface area contributed by atoms with E-state index in [-0.39, 0.29) is 70.5 Å². The lowest BCUT2D eigenvalue weighted by molar-refractivity contribution is -0.142. The van der Waals surface area contributed by atoms with Gasteiger partial charge in [0.25, 0.3) is 0 Å². The van der Waals surface area contributed by atoms with Crippen molar-refractivity contribution in [3.63, 3.8) is 0 Å². The van der Waals surface area contributed by atoms with Crippen LogP contribution in [-0.4, -0.2) is 155 Å². The lowest BCUT2D eigenvalue weighted by Crippen LogP contribution is -2.43. The Balaban J connectivity index is 4.03. The highest BCUT2D eigenvalue weighted by Gasteiger charge is 2.25. The second kappa shape index (κ2) is 23.9. The number of nitrogens with two attached hydrogens (primary N) is 1. The Morgan fingerprint density at radius 1 is 0.756 bits per heavy atom. The molecule has 0 rings (SSSR count). The van der Waals surface area contributed by atoms with Crippen molar-refractivity contribution in [1.29, 1.82) is 0 Å². The fraction of sp³-hybridized carbons (Fsp3) is 0.786. The monoisotopic (exact) mass is 648 g/mol. The van der Waals surface area contributed by atoms with E-state index in [0.717, 1.165) is 0 Å². The molecule has 0 aliphatic heterocycles. The molecule has 0 fully saturated rings. The third kappa shape index (κ3) is 25.6. The molecule has 0 aromatic rings. The number of ether oxygens (including phenoxy) is 3. The third-order valence-corrected chi connectivity index (χ3v) is 6.19. The second-order valence-electron chi connectivity index (χ2n) is 11.4. The number of nitrogens with one attached hydrogen (secondary N) is 3. The lowest BCUT2D eigenvalue weighted by atomic mass is 9.89. The number of hydrogen-bond acceptors (Lipinski definition) is 11. The van der Waals surface area contributed by atoms with Crippen molar-refractivity contribution < 1.29 is 53.2 Å². The first-order chi connectivity index (χ1) is 21.1. The summed E-state index contributed by atoms with van der Waals surface area (Å²) < 4.78 is 15.5. The van der Waals surface area contributed by atoms with Crippen LogP contribution in [0.15, 0.2) is 0 Å². The Bertz CT molecular complexity index is 935. The van der Waals surface area contributed by atoms with E-state index in [1.54, 1.807) is 7.05 Å². The molecule has 17 heteroatoms. The topological polar surface area (TPSA) is 239 Å². The van der Waals surface area contributed by atoms with Crippen LogP contribution in [0.3, 0.4) is 0 Å². The number of carboxylic acids is 2. The highest BCUT2D eigenvalue weighted by atomic mass is 16.5. The number of hydrogen-bond donors (Lipinski definition) is 6. The molecule has 0 aliphatic rings. The maximum Gasteiger partial charge on any atom is 0.326 e. The molecule has 4 amide bonds. The predicted octanol–water partition coefficient (Wildman–Crippen LogP) is -2.14. The summed E-state index contributed by atoms with van der Waals surface area (Å²) in [5.41, 5.74) is 4.45. The van der Waals surface area contributed by atoms with Crippen molar-refractivity contribution >= 4 is 35.6 Å². The van der Waals surface area contributed by atoms with Crippen LogP contribution in [0.2, 0.25) is 0 Å². The standard InChI is InChI=1S/C28H52N6O11/c1-28(2,17-26(39)40)20-34(4)10-7-24(37)32-21(27(41)42)5-6-23(36)30-8-11-33(3)12-14-44-19-25(38)31-9-13-43-15-16-45-18-22(29)35/h21H,5-20H2,1-4H3,(H2,29,35)(H,30,36)(H,31,38)(H,32,37)(H,39,40)(H,41,42). The molecule has 45 heavy (non-hydrogen) atoms. The number of rotatable bonds is 28. The Kier molecular flexibility index (Phi) is 22.1. The van der Waals surface area contributed by atoms with Gasteiger partial charge in [0.05, 0.1) is 32.8 Å². The fourth-order valence-corrected chi connectivity index (χ4v) is 4.04. The minimum atomic E-state index is -1.24. The number of amides is 4. The Hall–Kier alpha value is -3.38. The predicted molar refractivity (Wildman–Crippen MR) is 162 cm³/mol. The van der Waals surface area contributed by atoms with Crippen molar-refractivity contribution in [3.05, 3.63) is 0 Å². The van der Waals surface area contributed by atoms with Gasteiger partial charge in [-0.25, -0.2) is 4.79 Å². The van der Waals surface area contributed by atoms with Crippen molar-refractivity contribution in [2.75, 3.05) is 93.0 Å². The van der Waals surface area contributed by atoms with E-state index in [1.165, 1.54) is 0 Å². The molecule has 0 radical (unpaired) electrons. The van der Waals surface area contributed by atoms with Gasteiger partial charge in [-0.3, -0.25) is 24.0 Å². The van der Waals surface area contributed by atoms with Crippen LogP contribution in [-0.2, 0) is 43.0 Å². The molecule has 0 bridgehead atoms. The Labute approximate surface area is 264 Å². The van der Waals surface area contributed by atoms with Crippen molar-refractivity contribution in [2.24, 2.45) is 11.1 Å². The molecule has 7 N–H and O–H groups in total. The van der Waals surface area contributed by atoms with Crippen LogP contribution in [0, 0.1) is 5.41 Å². The molecule has 0 heterocycles. The molecular formula is C28H52N6O11. The molecule has 1 atom stereocenters. The van der Waals surface area contributed by atoms with Crippen LogP contribution in [0.5, 0.6) is 0 Å². The zero-order valence-electron chi connectivity index (χ0n) is 26.9. The summed E-state index contributed by atoms with van der Waals surface area (Å²) in [7, 11) is 3.58. The van der Waals surface area contributed by atoms with Crippen molar-refractivity contribution in [1.82, 2.24) is 25.8 Å². The maximum atomic E-state index is 12.3. The average molecular weight is 649 g/mol. The van der Waals surface area contributed by atoms with Gasteiger partial charge in [0.1, 0.15) is 19.3 Å². The van der Waals surface area contributed by atoms with Crippen LogP contribution >= 0.6 is 0 Å². The number of nitrogens with zero attached hydrogens (tertiary/aromatic N) is 2. The number of carboxylic acid groups (broad SMARTS) is 2. The van der Waals surface area contributed by atoms with E-state index < -0.39 is 35.2 Å². The number of likely N-dealkylation sites (N-methyl/N-ethyl adjacent to an activating group) is 1. The smallest absolute Gasteiger partial charge is 0.326 e. The summed E-state index contributed by atoms with van der Waals surface area (Å²) in [6.45, 7) is 6.81. The largest absolute Gasteiger partial charge is 0.481 e. The molecule has 0 saturated carbocycles. The zero-order valence-corrected chi connectivity index (χ0v) is 26.9. The van der Waals surface area contributed by atoms with Gasteiger partial charge in [-0.05, 0) is 25.9 Å². The summed E-state index contributed by atoms with van der Waals surface area (Å²) >= 11 is 0. The van der Waals surface area contributed by atoms with E-state index in [1.807, 2.05) is 30.7 Å². The normalized spacial score (nSPS) is 12.1. The van der Waals surface area contributed by atoms with Gasteiger partial charge in [0, 0.05) is 52.1 Å². The van der Waals surface area contributed by atoms with E-state index >= 15 is 0 Å².